The van der Waals surface area contributed by atoms with Gasteiger partial charge in [-0.3, -0.25) is 4.79 Å². The molecule has 1 amide bonds. The van der Waals surface area contributed by atoms with Gasteiger partial charge in [0.05, 0.1) is 25.5 Å². The standard InChI is InChI=1S/C17H22FN3O4/c1-4-24-15(25-5-2)10-19-17(22)16-14(23-3)11-21(20-16)13-8-6-12(18)7-9-13/h6-9,11,15H,4-5,10H2,1-3H3,(H,19,22). The molecule has 0 bridgehead atoms. The molecule has 7 nitrogen and oxygen atoms in total. The van der Waals surface area contributed by atoms with Crippen molar-refractivity contribution in [1.29, 1.82) is 0 Å². The lowest BCUT2D eigenvalue weighted by Gasteiger charge is -2.17. The molecule has 25 heavy (non-hydrogen) atoms. The lowest BCUT2D eigenvalue weighted by Crippen LogP contribution is -2.35. The van der Waals surface area contributed by atoms with Crippen molar-refractivity contribution in [1.82, 2.24) is 15.1 Å². The number of aromatic nitrogens is 2. The Morgan fingerprint density at radius 1 is 1.24 bits per heavy atom. The number of ether oxygens (including phenoxy) is 3. The summed E-state index contributed by atoms with van der Waals surface area (Å²) in [6.45, 7) is 4.83. The number of halogens is 1. The second-order valence-electron chi connectivity index (χ2n) is 5.02. The molecular weight excluding hydrogens is 329 g/mol. The van der Waals surface area contributed by atoms with Gasteiger partial charge in [0, 0.05) is 13.2 Å². The fraction of sp³-hybridized carbons (Fsp3) is 0.412. The predicted molar refractivity (Wildman–Crippen MR) is 89.4 cm³/mol. The van der Waals surface area contributed by atoms with Crippen LogP contribution < -0.4 is 10.1 Å². The molecule has 0 spiro atoms. The maximum atomic E-state index is 13.0. The summed E-state index contributed by atoms with van der Waals surface area (Å²) in [4.78, 5) is 12.4. The number of benzene rings is 1. The van der Waals surface area contributed by atoms with Crippen LogP contribution in [0.2, 0.25) is 0 Å². The van der Waals surface area contributed by atoms with Crippen molar-refractivity contribution in [2.24, 2.45) is 0 Å². The molecule has 0 saturated heterocycles. The summed E-state index contributed by atoms with van der Waals surface area (Å²) in [7, 11) is 1.45. The van der Waals surface area contributed by atoms with Crippen LogP contribution in [0.15, 0.2) is 30.5 Å². The minimum atomic E-state index is -0.524. The van der Waals surface area contributed by atoms with Gasteiger partial charge in [0.15, 0.2) is 17.7 Å². The highest BCUT2D eigenvalue weighted by Crippen LogP contribution is 2.19. The van der Waals surface area contributed by atoms with Crippen LogP contribution in [0.25, 0.3) is 5.69 Å². The third kappa shape index (κ3) is 5.01. The Morgan fingerprint density at radius 2 is 1.88 bits per heavy atom. The summed E-state index contributed by atoms with van der Waals surface area (Å²) in [6, 6.07) is 5.75. The Morgan fingerprint density at radius 3 is 2.44 bits per heavy atom. The van der Waals surface area contributed by atoms with Gasteiger partial charge in [0.2, 0.25) is 0 Å². The third-order valence-electron chi connectivity index (χ3n) is 3.34. The van der Waals surface area contributed by atoms with E-state index in [9.17, 15) is 9.18 Å². The first-order valence-corrected chi connectivity index (χ1v) is 8.00. The number of rotatable bonds is 9. The number of hydrogen-bond donors (Lipinski definition) is 1. The first kappa shape index (κ1) is 18.9. The predicted octanol–water partition coefficient (Wildman–Crippen LogP) is 2.15. The van der Waals surface area contributed by atoms with E-state index in [4.69, 9.17) is 14.2 Å². The van der Waals surface area contributed by atoms with Crippen molar-refractivity contribution in [2.45, 2.75) is 20.1 Å². The van der Waals surface area contributed by atoms with Gasteiger partial charge in [-0.1, -0.05) is 0 Å². The Kier molecular flexibility index (Phi) is 6.91. The van der Waals surface area contributed by atoms with Crippen molar-refractivity contribution >= 4 is 5.91 Å². The molecular formula is C17H22FN3O4. The summed E-state index contributed by atoms with van der Waals surface area (Å²) >= 11 is 0. The van der Waals surface area contributed by atoms with E-state index in [1.807, 2.05) is 13.8 Å². The van der Waals surface area contributed by atoms with E-state index in [0.717, 1.165) is 0 Å². The highest BCUT2D eigenvalue weighted by atomic mass is 19.1. The molecule has 0 unspecified atom stereocenters. The number of carbonyl (C=O) groups is 1. The Labute approximate surface area is 145 Å². The molecule has 8 heteroatoms. The smallest absolute Gasteiger partial charge is 0.275 e. The van der Waals surface area contributed by atoms with E-state index in [0.29, 0.717) is 24.7 Å². The summed E-state index contributed by atoms with van der Waals surface area (Å²) in [5.41, 5.74) is 0.735. The zero-order chi connectivity index (χ0) is 18.2. The van der Waals surface area contributed by atoms with Gasteiger partial charge in [0.1, 0.15) is 5.82 Å². The number of amides is 1. The molecule has 136 valence electrons. The highest BCUT2D eigenvalue weighted by molar-refractivity contribution is 5.94. The lowest BCUT2D eigenvalue weighted by atomic mass is 10.3. The van der Waals surface area contributed by atoms with E-state index >= 15 is 0 Å². The topological polar surface area (TPSA) is 74.6 Å². The van der Waals surface area contributed by atoms with Gasteiger partial charge >= 0.3 is 0 Å². The van der Waals surface area contributed by atoms with Crippen LogP contribution in [0.1, 0.15) is 24.3 Å². The van der Waals surface area contributed by atoms with Crippen molar-refractivity contribution in [2.75, 3.05) is 26.9 Å². The number of nitrogens with one attached hydrogen (secondary N) is 1. The van der Waals surface area contributed by atoms with E-state index in [2.05, 4.69) is 10.4 Å². The summed E-state index contributed by atoms with van der Waals surface area (Å²) < 4.78 is 30.5. The lowest BCUT2D eigenvalue weighted by molar-refractivity contribution is -0.131. The zero-order valence-electron chi connectivity index (χ0n) is 14.5. The zero-order valence-corrected chi connectivity index (χ0v) is 14.5. The molecule has 1 N–H and O–H groups in total. The third-order valence-corrected chi connectivity index (χ3v) is 3.34. The average Bonchev–Trinajstić information content (AvgIpc) is 3.05. The van der Waals surface area contributed by atoms with Crippen LogP contribution in [-0.2, 0) is 9.47 Å². The molecule has 2 aromatic rings. The summed E-state index contributed by atoms with van der Waals surface area (Å²) in [6.07, 6.45) is 1.04. The van der Waals surface area contributed by atoms with Crippen LogP contribution in [0.5, 0.6) is 5.75 Å². The molecule has 0 aliphatic rings. The van der Waals surface area contributed by atoms with E-state index in [-0.39, 0.29) is 18.1 Å². The molecule has 1 aromatic carbocycles. The number of methoxy groups -OCH3 is 1. The maximum Gasteiger partial charge on any atom is 0.275 e. The summed E-state index contributed by atoms with van der Waals surface area (Å²) in [5.74, 6) is -0.452. The van der Waals surface area contributed by atoms with Crippen LogP contribution in [0.3, 0.4) is 0 Å². The molecule has 0 radical (unpaired) electrons. The van der Waals surface area contributed by atoms with Gasteiger partial charge in [-0.25, -0.2) is 9.07 Å². The minimum Gasteiger partial charge on any atom is -0.493 e. The second kappa shape index (κ2) is 9.14. The van der Waals surface area contributed by atoms with Crippen LogP contribution in [0, 0.1) is 5.82 Å². The maximum absolute atomic E-state index is 13.0. The Bertz CT molecular complexity index is 682. The molecule has 0 fully saturated rings. The minimum absolute atomic E-state index is 0.124. The Balaban J connectivity index is 2.12. The van der Waals surface area contributed by atoms with Crippen LogP contribution in [-0.4, -0.2) is 48.8 Å². The molecule has 0 saturated carbocycles. The average molecular weight is 351 g/mol. The SMILES string of the molecule is CCOC(CNC(=O)c1nn(-c2ccc(F)cc2)cc1OC)OCC. The van der Waals surface area contributed by atoms with E-state index < -0.39 is 12.2 Å². The fourth-order valence-electron chi connectivity index (χ4n) is 2.19. The molecule has 2 rings (SSSR count). The number of hydrogen-bond acceptors (Lipinski definition) is 5. The number of carbonyl (C=O) groups excluding carboxylic acids is 1. The van der Waals surface area contributed by atoms with Crippen molar-refractivity contribution in [3.05, 3.63) is 42.0 Å². The monoisotopic (exact) mass is 351 g/mol. The van der Waals surface area contributed by atoms with E-state index in [1.54, 1.807) is 18.3 Å². The van der Waals surface area contributed by atoms with Crippen molar-refractivity contribution in [3.63, 3.8) is 0 Å². The van der Waals surface area contributed by atoms with Gasteiger partial charge in [-0.2, -0.15) is 5.10 Å². The normalized spacial score (nSPS) is 10.9. The molecule has 0 aliphatic heterocycles. The molecule has 0 atom stereocenters. The number of nitrogens with zero attached hydrogens (tertiary/aromatic N) is 2. The fourth-order valence-corrected chi connectivity index (χ4v) is 2.19. The highest BCUT2D eigenvalue weighted by Gasteiger charge is 2.20. The molecule has 1 heterocycles. The van der Waals surface area contributed by atoms with Gasteiger partial charge in [0.25, 0.3) is 5.91 Å². The Hall–Kier alpha value is -2.45. The first-order chi connectivity index (χ1) is 12.1. The molecule has 1 aromatic heterocycles. The van der Waals surface area contributed by atoms with Gasteiger partial charge < -0.3 is 19.5 Å². The van der Waals surface area contributed by atoms with E-state index in [1.165, 1.54) is 23.9 Å². The van der Waals surface area contributed by atoms with Gasteiger partial charge in [-0.15, -0.1) is 0 Å². The van der Waals surface area contributed by atoms with Crippen molar-refractivity contribution < 1.29 is 23.4 Å². The second-order valence-corrected chi connectivity index (χ2v) is 5.02. The van der Waals surface area contributed by atoms with Crippen LogP contribution in [0.4, 0.5) is 4.39 Å². The quantitative estimate of drug-likeness (QED) is 0.701. The van der Waals surface area contributed by atoms with Gasteiger partial charge in [-0.05, 0) is 38.1 Å². The first-order valence-electron chi connectivity index (χ1n) is 8.00. The molecule has 0 aliphatic carbocycles. The van der Waals surface area contributed by atoms with Crippen molar-refractivity contribution in [3.8, 4) is 11.4 Å². The summed E-state index contributed by atoms with van der Waals surface area (Å²) in [5, 5.41) is 6.94. The van der Waals surface area contributed by atoms with Crippen LogP contribution >= 0.6 is 0 Å². The largest absolute Gasteiger partial charge is 0.493 e.